The lowest BCUT2D eigenvalue weighted by molar-refractivity contribution is -0.339. The zero-order valence-corrected chi connectivity index (χ0v) is 21.5. The standard InChI is InChI=1S/C13H15NO5.3H3N.H5O10P3/c1-6-2-3-8-7(4-6)14-13(19-8)12-11(17)10(16)9(5-15)18-12;;;;1-11(2,3)9-13(7,8)10-12(4,5)6/h2-4,9-12,15-17H,5H2,1H3;3*1H3;(H,7,8)(H2,1,2,3)(H2,4,5,6)/t9-,10-,11-,12-;;;;/m1..../s1. The largest absolute Gasteiger partial charge is 0.790 e. The third kappa shape index (κ3) is 10.8. The molecule has 1 unspecified atom stereocenters. The summed E-state index contributed by atoms with van der Waals surface area (Å²) >= 11 is 0. The number of aliphatic hydroxyl groups is 3. The monoisotopic (exact) mass is 574 g/mol. The molecule has 1 aromatic carbocycles. The third-order valence-corrected chi connectivity index (χ3v) is 7.00. The van der Waals surface area contributed by atoms with E-state index >= 15 is 0 Å². The fraction of sp³-hybridized carbons (Fsp3) is 0.462. The zero-order chi connectivity index (χ0) is 24.5. The maximum atomic E-state index is 10.2. The quantitative estimate of drug-likeness (QED) is 0.188. The van der Waals surface area contributed by atoms with Gasteiger partial charge in [0.25, 0.3) is 7.82 Å². The van der Waals surface area contributed by atoms with E-state index in [4.69, 9.17) is 24.0 Å². The van der Waals surface area contributed by atoms with Gasteiger partial charge in [-0.3, -0.25) is 8.88 Å². The first-order valence-electron chi connectivity index (χ1n) is 8.32. The Morgan fingerprint density at radius 1 is 1.03 bits per heavy atom. The maximum Gasteiger partial charge on any atom is 0.476 e. The second-order valence-electron chi connectivity index (χ2n) is 6.33. The molecule has 0 bridgehead atoms. The van der Waals surface area contributed by atoms with Crippen molar-refractivity contribution in [3.8, 4) is 0 Å². The molecule has 22 heteroatoms. The molecule has 1 aromatic heterocycles. The van der Waals surface area contributed by atoms with Gasteiger partial charge in [-0.15, -0.1) is 0 Å². The molecule has 1 fully saturated rings. The normalized spacial score (nSPS) is 23.7. The van der Waals surface area contributed by atoms with Gasteiger partial charge < -0.3 is 72.0 Å². The molecular formula is C13H29N4O15P3. The van der Waals surface area contributed by atoms with Crippen molar-refractivity contribution in [1.82, 2.24) is 23.4 Å². The van der Waals surface area contributed by atoms with Crippen LogP contribution in [-0.2, 0) is 27.1 Å². The van der Waals surface area contributed by atoms with Gasteiger partial charge in [-0.1, -0.05) is 6.07 Å². The minimum atomic E-state index is -5.92. The second kappa shape index (κ2) is 13.4. The van der Waals surface area contributed by atoms with Crippen LogP contribution in [-0.4, -0.2) is 55.0 Å². The van der Waals surface area contributed by atoms with Crippen molar-refractivity contribution in [2.24, 2.45) is 0 Å². The number of aliphatic hydroxyl groups excluding tert-OH is 3. The van der Waals surface area contributed by atoms with Gasteiger partial charge in [0.05, 0.1) is 14.4 Å². The molecule has 19 nitrogen and oxygen atoms in total. The van der Waals surface area contributed by atoms with Gasteiger partial charge in [-0.2, -0.15) is 0 Å². The predicted molar refractivity (Wildman–Crippen MR) is 113 cm³/mol. The highest BCUT2D eigenvalue weighted by atomic mass is 31.3. The van der Waals surface area contributed by atoms with Crippen molar-refractivity contribution >= 4 is 34.6 Å². The van der Waals surface area contributed by atoms with Gasteiger partial charge in [0.1, 0.15) is 23.8 Å². The van der Waals surface area contributed by atoms with E-state index in [0.29, 0.717) is 11.1 Å². The number of hydrogen-bond acceptors (Lipinski definition) is 14. The van der Waals surface area contributed by atoms with Gasteiger partial charge in [-0.25, -0.2) is 13.9 Å². The van der Waals surface area contributed by atoms with Crippen LogP contribution in [0.1, 0.15) is 17.6 Å². The van der Waals surface area contributed by atoms with Gasteiger partial charge in [0, 0.05) is 0 Å². The first kappa shape index (κ1) is 36.0. The van der Waals surface area contributed by atoms with E-state index in [2.05, 4.69) is 13.6 Å². The molecule has 1 aliphatic rings. The van der Waals surface area contributed by atoms with Crippen LogP contribution in [0.4, 0.5) is 0 Å². The average Bonchev–Trinajstić information content (AvgIpc) is 3.12. The lowest BCUT2D eigenvalue weighted by atomic mass is 10.1. The molecule has 2 aromatic rings. The number of phosphoric acid groups is 3. The van der Waals surface area contributed by atoms with Crippen molar-refractivity contribution < 1.29 is 71.3 Å². The summed E-state index contributed by atoms with van der Waals surface area (Å²) < 4.78 is 46.2. The number of hydrogen-bond donors (Lipinski definition) is 8. The summed E-state index contributed by atoms with van der Waals surface area (Å²) in [6.45, 7) is 1.58. The summed E-state index contributed by atoms with van der Waals surface area (Å²) in [5, 5.41) is 28.7. The highest BCUT2D eigenvalue weighted by molar-refractivity contribution is 7.65. The van der Waals surface area contributed by atoms with Crippen LogP contribution in [0.3, 0.4) is 0 Å². The predicted octanol–water partition coefficient (Wildman–Crippen LogP) is -1.17. The molecule has 5 atom stereocenters. The van der Waals surface area contributed by atoms with Crippen molar-refractivity contribution in [3.63, 3.8) is 0 Å². The lowest BCUT2D eigenvalue weighted by Crippen LogP contribution is -2.32. The molecule has 3 rings (SSSR count). The molecule has 0 spiro atoms. The molecule has 17 N–H and O–H groups in total. The second-order valence-corrected chi connectivity index (χ2v) is 10.4. The first-order chi connectivity index (χ1) is 14.5. The van der Waals surface area contributed by atoms with Crippen LogP contribution in [0, 0.1) is 6.92 Å². The molecular weight excluding hydrogens is 545 g/mol. The molecule has 2 heterocycles. The molecule has 35 heavy (non-hydrogen) atoms. The molecule has 0 amide bonds. The van der Waals surface area contributed by atoms with Crippen molar-refractivity contribution in [1.29, 1.82) is 0 Å². The Labute approximate surface area is 197 Å². The molecule has 0 radical (unpaired) electrons. The minimum absolute atomic E-state index is 0. The van der Waals surface area contributed by atoms with E-state index in [-0.39, 0.29) is 30.9 Å². The number of oxazole rings is 1. The van der Waals surface area contributed by atoms with E-state index in [1.807, 2.05) is 19.1 Å². The van der Waals surface area contributed by atoms with Crippen LogP contribution in [0.25, 0.3) is 11.1 Å². The smallest absolute Gasteiger partial charge is 0.476 e. The average molecular weight is 574 g/mol. The summed E-state index contributed by atoms with van der Waals surface area (Å²) in [6.07, 6.45) is -3.99. The Morgan fingerprint density at radius 2 is 1.60 bits per heavy atom. The summed E-state index contributed by atoms with van der Waals surface area (Å²) in [5.41, 5.74) is 2.32. The highest BCUT2D eigenvalue weighted by Crippen LogP contribution is 2.59. The number of ether oxygens (including phenoxy) is 1. The molecule has 1 saturated heterocycles. The van der Waals surface area contributed by atoms with E-state index in [9.17, 15) is 38.6 Å². The summed E-state index contributed by atoms with van der Waals surface area (Å²) in [4.78, 5) is 49.6. The van der Waals surface area contributed by atoms with Crippen LogP contribution in [0.2, 0.25) is 0 Å². The van der Waals surface area contributed by atoms with Crippen LogP contribution in [0.5, 0.6) is 0 Å². The van der Waals surface area contributed by atoms with E-state index in [0.717, 1.165) is 5.56 Å². The van der Waals surface area contributed by atoms with Gasteiger partial charge >= 0.3 is 7.82 Å². The van der Waals surface area contributed by atoms with Crippen LogP contribution in [0.15, 0.2) is 22.6 Å². The fourth-order valence-electron chi connectivity index (χ4n) is 2.55. The number of nitrogens with zero attached hydrogens (tertiary/aromatic N) is 1. The maximum absolute atomic E-state index is 10.2. The number of aryl methyl sites for hydroxylation is 1. The Balaban J connectivity index is 0. The zero-order valence-electron chi connectivity index (χ0n) is 18.9. The minimum Gasteiger partial charge on any atom is -0.790 e. The number of rotatable bonds is 6. The first-order valence-corrected chi connectivity index (χ1v) is 12.8. The van der Waals surface area contributed by atoms with Crippen molar-refractivity contribution in [3.05, 3.63) is 29.7 Å². The summed E-state index contributed by atoms with van der Waals surface area (Å²) in [6, 6.07) is 5.56. The highest BCUT2D eigenvalue weighted by Gasteiger charge is 2.45. The number of benzene rings is 1. The summed E-state index contributed by atoms with van der Waals surface area (Å²) in [7, 11) is -17.2. The molecule has 1 aliphatic heterocycles. The third-order valence-electron chi connectivity index (χ3n) is 3.75. The van der Waals surface area contributed by atoms with E-state index < -0.39 is 47.9 Å². The Morgan fingerprint density at radius 3 is 2.06 bits per heavy atom. The Hall–Kier alpha value is -1.18. The Kier molecular flexibility index (Phi) is 13.8. The van der Waals surface area contributed by atoms with Crippen molar-refractivity contribution in [2.45, 2.75) is 31.3 Å². The van der Waals surface area contributed by atoms with Gasteiger partial charge in [-0.05, 0) is 24.6 Å². The van der Waals surface area contributed by atoms with Gasteiger partial charge in [0.15, 0.2) is 11.7 Å². The summed E-state index contributed by atoms with van der Waals surface area (Å²) in [5.74, 6) is 0.211. The van der Waals surface area contributed by atoms with Gasteiger partial charge in [0.2, 0.25) is 5.89 Å². The van der Waals surface area contributed by atoms with E-state index in [1.165, 1.54) is 0 Å². The number of aromatic nitrogens is 1. The molecule has 206 valence electrons. The van der Waals surface area contributed by atoms with Crippen molar-refractivity contribution in [2.75, 3.05) is 6.61 Å². The van der Waals surface area contributed by atoms with Crippen LogP contribution < -0.4 is 33.1 Å². The fourth-order valence-corrected chi connectivity index (χ4v) is 4.96. The topological polar surface area (TPSA) is 385 Å². The number of fused-ring (bicyclic) bond motifs is 1. The number of quaternary nitrogens is 3. The molecule has 0 aliphatic carbocycles. The van der Waals surface area contributed by atoms with E-state index in [1.54, 1.807) is 6.07 Å². The SMILES string of the molecule is Cc1ccc2oc([C@@H]3O[C@H](CO)[C@@H](O)[C@H]3O)nc2c1.O=P([O-])([O-])OP(=O)([O-])OP(=O)(O)O.[NH4+].[NH4+].[NH4+]. The molecule has 0 saturated carbocycles. The lowest BCUT2D eigenvalue weighted by Gasteiger charge is -2.34. The Bertz CT molecular complexity index is 1060. The van der Waals surface area contributed by atoms with Crippen LogP contribution >= 0.6 is 23.5 Å².